The summed E-state index contributed by atoms with van der Waals surface area (Å²) in [5.74, 6) is 0. The van der Waals surface area contributed by atoms with Gasteiger partial charge >= 0.3 is 0 Å². The minimum absolute atomic E-state index is 0.783. The number of anilines is 3. The van der Waals surface area contributed by atoms with Crippen LogP contribution in [0.5, 0.6) is 0 Å². The first-order valence-corrected chi connectivity index (χ1v) is 5.76. The summed E-state index contributed by atoms with van der Waals surface area (Å²) in [7, 11) is 0. The van der Waals surface area contributed by atoms with E-state index in [2.05, 4.69) is 43.4 Å². The molecule has 2 aromatic rings. The van der Waals surface area contributed by atoms with Crippen LogP contribution in [0, 0.1) is 20.8 Å². The van der Waals surface area contributed by atoms with Gasteiger partial charge in [-0.15, -0.1) is 0 Å². The molecule has 2 rings (SSSR count). The fourth-order valence-corrected chi connectivity index (χ4v) is 1.81. The summed E-state index contributed by atoms with van der Waals surface area (Å²) in [5.41, 5.74) is 12.5. The molecule has 0 aliphatic rings. The van der Waals surface area contributed by atoms with Crippen molar-refractivity contribution in [1.82, 2.24) is 0 Å². The topological polar surface area (TPSA) is 38.0 Å². The highest BCUT2D eigenvalue weighted by molar-refractivity contribution is 5.74. The number of hydrogen-bond donors (Lipinski definition) is 2. The van der Waals surface area contributed by atoms with E-state index in [0.717, 1.165) is 17.1 Å². The van der Waals surface area contributed by atoms with Crippen molar-refractivity contribution in [2.45, 2.75) is 20.8 Å². The lowest BCUT2D eigenvalue weighted by Crippen LogP contribution is -1.98. The third kappa shape index (κ3) is 2.59. The highest BCUT2D eigenvalue weighted by atomic mass is 14.9. The molecule has 0 fully saturated rings. The minimum Gasteiger partial charge on any atom is -0.397 e. The van der Waals surface area contributed by atoms with Gasteiger partial charge in [-0.2, -0.15) is 0 Å². The first-order chi connectivity index (χ1) is 8.06. The van der Waals surface area contributed by atoms with Crippen LogP contribution in [-0.4, -0.2) is 0 Å². The summed E-state index contributed by atoms with van der Waals surface area (Å²) in [4.78, 5) is 0. The minimum atomic E-state index is 0.783. The molecule has 0 atom stereocenters. The highest BCUT2D eigenvalue weighted by Crippen LogP contribution is 2.26. The van der Waals surface area contributed by atoms with Crippen LogP contribution in [0.3, 0.4) is 0 Å². The lowest BCUT2D eigenvalue weighted by atomic mass is 10.1. The van der Waals surface area contributed by atoms with Gasteiger partial charge in [-0.3, -0.25) is 0 Å². The van der Waals surface area contributed by atoms with E-state index < -0.39 is 0 Å². The van der Waals surface area contributed by atoms with E-state index >= 15 is 0 Å². The summed E-state index contributed by atoms with van der Waals surface area (Å²) in [6.45, 7) is 6.22. The number of benzene rings is 2. The maximum atomic E-state index is 5.99. The Balaban J connectivity index is 2.34. The van der Waals surface area contributed by atoms with Crippen molar-refractivity contribution in [2.24, 2.45) is 0 Å². The number of hydrogen-bond acceptors (Lipinski definition) is 2. The number of nitrogens with one attached hydrogen (secondary N) is 1. The predicted molar refractivity (Wildman–Crippen MR) is 74.8 cm³/mol. The monoisotopic (exact) mass is 226 g/mol. The molecule has 2 nitrogen and oxygen atoms in total. The van der Waals surface area contributed by atoms with Gasteiger partial charge in [0.2, 0.25) is 0 Å². The summed E-state index contributed by atoms with van der Waals surface area (Å²) in [6, 6.07) is 12.4. The van der Waals surface area contributed by atoms with Crippen LogP contribution in [0.2, 0.25) is 0 Å². The lowest BCUT2D eigenvalue weighted by molar-refractivity contribution is 1.37. The molecule has 0 amide bonds. The zero-order chi connectivity index (χ0) is 12.4. The van der Waals surface area contributed by atoms with Crippen LogP contribution < -0.4 is 11.1 Å². The molecule has 0 heterocycles. The van der Waals surface area contributed by atoms with Crippen molar-refractivity contribution in [1.29, 1.82) is 0 Å². The van der Waals surface area contributed by atoms with Gasteiger partial charge in [0.25, 0.3) is 0 Å². The van der Waals surface area contributed by atoms with Crippen molar-refractivity contribution >= 4 is 17.1 Å². The van der Waals surface area contributed by atoms with E-state index in [4.69, 9.17) is 5.73 Å². The lowest BCUT2D eigenvalue weighted by Gasteiger charge is -2.13. The quantitative estimate of drug-likeness (QED) is 0.761. The van der Waals surface area contributed by atoms with Crippen LogP contribution in [0.15, 0.2) is 36.4 Å². The second kappa shape index (κ2) is 4.50. The number of aryl methyl sites for hydroxylation is 3. The van der Waals surface area contributed by atoms with Crippen LogP contribution in [0.25, 0.3) is 0 Å². The van der Waals surface area contributed by atoms with Crippen molar-refractivity contribution in [2.75, 3.05) is 11.1 Å². The fraction of sp³-hybridized carbons (Fsp3) is 0.200. The van der Waals surface area contributed by atoms with Gasteiger partial charge in [-0.1, -0.05) is 18.2 Å². The smallest absolute Gasteiger partial charge is 0.0618 e. The maximum Gasteiger partial charge on any atom is 0.0618 e. The third-order valence-electron chi connectivity index (χ3n) is 2.87. The SMILES string of the molecule is Cc1ccc(Nc2cc(C)ccc2C)c(N)c1. The molecule has 2 heteroatoms. The standard InChI is InChI=1S/C15H18N2/c1-10-5-7-14(13(16)8-10)17-15-9-11(2)4-6-12(15)3/h4-9,17H,16H2,1-3H3. The molecule has 0 aliphatic heterocycles. The van der Waals surface area contributed by atoms with E-state index in [-0.39, 0.29) is 0 Å². The molecule has 0 aromatic heterocycles. The Bertz CT molecular complexity index is 545. The molecule has 88 valence electrons. The fourth-order valence-electron chi connectivity index (χ4n) is 1.81. The second-order valence-electron chi connectivity index (χ2n) is 4.53. The van der Waals surface area contributed by atoms with Crippen molar-refractivity contribution in [3.8, 4) is 0 Å². The average molecular weight is 226 g/mol. The molecule has 0 saturated heterocycles. The zero-order valence-electron chi connectivity index (χ0n) is 10.5. The normalized spacial score (nSPS) is 10.3. The van der Waals surface area contributed by atoms with E-state index in [1.54, 1.807) is 0 Å². The van der Waals surface area contributed by atoms with E-state index in [1.165, 1.54) is 16.7 Å². The molecule has 0 radical (unpaired) electrons. The molecular formula is C15H18N2. The Morgan fingerprint density at radius 3 is 2.18 bits per heavy atom. The van der Waals surface area contributed by atoms with E-state index in [9.17, 15) is 0 Å². The van der Waals surface area contributed by atoms with Crippen molar-refractivity contribution in [3.63, 3.8) is 0 Å². The third-order valence-corrected chi connectivity index (χ3v) is 2.87. The van der Waals surface area contributed by atoms with Crippen LogP contribution in [-0.2, 0) is 0 Å². The van der Waals surface area contributed by atoms with Gasteiger partial charge in [0.1, 0.15) is 0 Å². The number of rotatable bonds is 2. The van der Waals surface area contributed by atoms with Crippen LogP contribution >= 0.6 is 0 Å². The summed E-state index contributed by atoms with van der Waals surface area (Å²) < 4.78 is 0. The molecule has 0 unspecified atom stereocenters. The van der Waals surface area contributed by atoms with E-state index in [0.29, 0.717) is 0 Å². The molecule has 3 N–H and O–H groups in total. The van der Waals surface area contributed by atoms with E-state index in [1.807, 2.05) is 19.1 Å². The molecule has 0 spiro atoms. The number of nitrogen functional groups attached to an aromatic ring is 1. The zero-order valence-corrected chi connectivity index (χ0v) is 10.5. The van der Waals surface area contributed by atoms with Crippen molar-refractivity contribution < 1.29 is 0 Å². The average Bonchev–Trinajstić information content (AvgIpc) is 2.27. The Hall–Kier alpha value is -1.96. The maximum absolute atomic E-state index is 5.99. The first-order valence-electron chi connectivity index (χ1n) is 5.76. The largest absolute Gasteiger partial charge is 0.397 e. The van der Waals surface area contributed by atoms with Gasteiger partial charge in [-0.25, -0.2) is 0 Å². The Kier molecular flexibility index (Phi) is 3.05. The van der Waals surface area contributed by atoms with Gasteiger partial charge in [0, 0.05) is 5.69 Å². The highest BCUT2D eigenvalue weighted by Gasteiger charge is 2.02. The van der Waals surface area contributed by atoms with Gasteiger partial charge in [-0.05, 0) is 55.7 Å². The van der Waals surface area contributed by atoms with Gasteiger partial charge in [0.15, 0.2) is 0 Å². The molecule has 17 heavy (non-hydrogen) atoms. The molecule has 0 saturated carbocycles. The molecular weight excluding hydrogens is 208 g/mol. The molecule has 0 aliphatic carbocycles. The summed E-state index contributed by atoms with van der Waals surface area (Å²) >= 11 is 0. The Morgan fingerprint density at radius 2 is 1.47 bits per heavy atom. The number of nitrogens with two attached hydrogens (primary N) is 1. The second-order valence-corrected chi connectivity index (χ2v) is 4.53. The van der Waals surface area contributed by atoms with Gasteiger partial charge < -0.3 is 11.1 Å². The first kappa shape index (κ1) is 11.5. The summed E-state index contributed by atoms with van der Waals surface area (Å²) in [6.07, 6.45) is 0. The van der Waals surface area contributed by atoms with Crippen LogP contribution in [0.4, 0.5) is 17.1 Å². The molecule has 2 aromatic carbocycles. The molecule has 0 bridgehead atoms. The van der Waals surface area contributed by atoms with Gasteiger partial charge in [0.05, 0.1) is 11.4 Å². The summed E-state index contributed by atoms with van der Waals surface area (Å²) in [5, 5.41) is 3.38. The van der Waals surface area contributed by atoms with Crippen molar-refractivity contribution in [3.05, 3.63) is 53.1 Å². The Labute approximate surface area is 102 Å². The Morgan fingerprint density at radius 1 is 0.824 bits per heavy atom. The predicted octanol–water partition coefficient (Wildman–Crippen LogP) is 3.94. The van der Waals surface area contributed by atoms with Crippen LogP contribution in [0.1, 0.15) is 16.7 Å².